The lowest BCUT2D eigenvalue weighted by Crippen LogP contribution is -2.08. The Labute approximate surface area is 129 Å². The van der Waals surface area contributed by atoms with E-state index in [1.54, 1.807) is 11.8 Å². The number of benzene rings is 2. The summed E-state index contributed by atoms with van der Waals surface area (Å²) in [4.78, 5) is 0. The van der Waals surface area contributed by atoms with Crippen LogP contribution in [0.25, 0.3) is 11.3 Å². The third-order valence-electron chi connectivity index (χ3n) is 3.23. The van der Waals surface area contributed by atoms with Gasteiger partial charge in [-0.2, -0.15) is 0 Å². The molecule has 0 radical (unpaired) electrons. The van der Waals surface area contributed by atoms with Crippen molar-refractivity contribution in [1.82, 2.24) is 15.0 Å². The van der Waals surface area contributed by atoms with Crippen LogP contribution in [0, 0.1) is 0 Å². The van der Waals surface area contributed by atoms with E-state index in [-0.39, 0.29) is 6.79 Å². The van der Waals surface area contributed by atoms with E-state index in [9.17, 15) is 0 Å². The molecule has 0 atom stereocenters. The van der Waals surface area contributed by atoms with Crippen LogP contribution in [-0.2, 0) is 11.3 Å². The van der Waals surface area contributed by atoms with Gasteiger partial charge in [0, 0.05) is 12.7 Å². The normalized spacial score (nSPS) is 10.6. The first-order valence-electron chi connectivity index (χ1n) is 7.03. The Bertz CT molecular complexity index is 711. The maximum absolute atomic E-state index is 5.70. The first kappa shape index (κ1) is 14.3. The fraction of sp³-hybridized carbons (Fsp3) is 0.176. The fourth-order valence-corrected chi connectivity index (χ4v) is 2.20. The summed E-state index contributed by atoms with van der Waals surface area (Å²) in [6, 6.07) is 19.9. The first-order chi connectivity index (χ1) is 10.9. The monoisotopic (exact) mass is 295 g/mol. The van der Waals surface area contributed by atoms with Gasteiger partial charge in [-0.25, -0.2) is 4.68 Å². The molecule has 0 unspecified atom stereocenters. The lowest BCUT2D eigenvalue weighted by atomic mass is 10.1. The highest BCUT2D eigenvalue weighted by Crippen LogP contribution is 2.28. The lowest BCUT2D eigenvalue weighted by molar-refractivity contribution is 0.0448. The lowest BCUT2D eigenvalue weighted by Gasteiger charge is -2.09. The summed E-state index contributed by atoms with van der Waals surface area (Å²) in [7, 11) is 1.59. The zero-order chi connectivity index (χ0) is 15.2. The summed E-state index contributed by atoms with van der Waals surface area (Å²) in [6.07, 6.45) is 0. The molecule has 1 heterocycles. The minimum absolute atomic E-state index is 0.155. The minimum Gasteiger partial charge on any atom is -0.449 e. The number of rotatable bonds is 6. The van der Waals surface area contributed by atoms with Crippen molar-refractivity contribution in [2.45, 2.75) is 6.54 Å². The van der Waals surface area contributed by atoms with E-state index in [1.165, 1.54) is 0 Å². The number of ether oxygens (including phenoxy) is 2. The summed E-state index contributed by atoms with van der Waals surface area (Å²) in [5.74, 6) is 0.608. The van der Waals surface area contributed by atoms with Crippen molar-refractivity contribution < 1.29 is 9.47 Å². The minimum atomic E-state index is 0.155. The van der Waals surface area contributed by atoms with Crippen LogP contribution < -0.4 is 4.74 Å². The maximum atomic E-state index is 5.70. The molecule has 5 heteroatoms. The molecule has 0 aliphatic carbocycles. The van der Waals surface area contributed by atoms with Crippen molar-refractivity contribution in [3.05, 3.63) is 66.2 Å². The van der Waals surface area contributed by atoms with Gasteiger partial charge in [-0.1, -0.05) is 65.9 Å². The van der Waals surface area contributed by atoms with Gasteiger partial charge in [-0.15, -0.1) is 5.10 Å². The van der Waals surface area contributed by atoms with Crippen LogP contribution in [0.1, 0.15) is 5.56 Å². The van der Waals surface area contributed by atoms with E-state index < -0.39 is 0 Å². The van der Waals surface area contributed by atoms with Crippen LogP contribution >= 0.6 is 0 Å². The number of methoxy groups -OCH3 is 1. The molecule has 0 aliphatic rings. The highest BCUT2D eigenvalue weighted by Gasteiger charge is 2.16. The summed E-state index contributed by atoms with van der Waals surface area (Å²) in [6.45, 7) is 0.752. The predicted molar refractivity (Wildman–Crippen MR) is 83.5 cm³/mol. The Balaban J connectivity index is 1.94. The Morgan fingerprint density at radius 1 is 0.955 bits per heavy atom. The second-order valence-corrected chi connectivity index (χ2v) is 4.80. The largest absolute Gasteiger partial charge is 0.449 e. The van der Waals surface area contributed by atoms with Crippen molar-refractivity contribution in [3.8, 4) is 17.1 Å². The Hall–Kier alpha value is -2.66. The van der Waals surface area contributed by atoms with Crippen molar-refractivity contribution in [3.63, 3.8) is 0 Å². The van der Waals surface area contributed by atoms with Gasteiger partial charge in [0.05, 0.1) is 6.54 Å². The van der Waals surface area contributed by atoms with Crippen molar-refractivity contribution in [2.75, 3.05) is 13.9 Å². The molecule has 0 N–H and O–H groups in total. The maximum Gasteiger partial charge on any atom is 0.243 e. The second-order valence-electron chi connectivity index (χ2n) is 4.80. The SMILES string of the molecule is COCOc1c(-c2ccccc2)nnn1Cc1ccccc1. The van der Waals surface area contributed by atoms with E-state index in [4.69, 9.17) is 9.47 Å². The zero-order valence-electron chi connectivity index (χ0n) is 12.3. The molecule has 0 saturated carbocycles. The molecule has 3 aromatic rings. The van der Waals surface area contributed by atoms with Gasteiger partial charge in [0.25, 0.3) is 0 Å². The van der Waals surface area contributed by atoms with E-state index in [0.717, 1.165) is 11.1 Å². The van der Waals surface area contributed by atoms with Gasteiger partial charge < -0.3 is 9.47 Å². The number of hydrogen-bond donors (Lipinski definition) is 0. The van der Waals surface area contributed by atoms with Gasteiger partial charge in [-0.05, 0) is 5.56 Å². The number of nitrogens with zero attached hydrogens (tertiary/aromatic N) is 3. The van der Waals surface area contributed by atoms with Gasteiger partial charge >= 0.3 is 0 Å². The molecule has 3 rings (SSSR count). The molecule has 0 fully saturated rings. The van der Waals surface area contributed by atoms with Crippen molar-refractivity contribution in [1.29, 1.82) is 0 Å². The van der Waals surface area contributed by atoms with Crippen molar-refractivity contribution in [2.24, 2.45) is 0 Å². The molecule has 2 aromatic carbocycles. The first-order valence-corrected chi connectivity index (χ1v) is 7.03. The molecule has 0 spiro atoms. The molecule has 0 saturated heterocycles. The van der Waals surface area contributed by atoms with E-state index >= 15 is 0 Å². The van der Waals surface area contributed by atoms with Crippen LogP contribution in [-0.4, -0.2) is 28.9 Å². The summed E-state index contributed by atoms with van der Waals surface area (Å²) < 4.78 is 12.5. The van der Waals surface area contributed by atoms with Crippen LogP contribution in [0.4, 0.5) is 0 Å². The zero-order valence-corrected chi connectivity index (χ0v) is 12.3. The summed E-state index contributed by atoms with van der Waals surface area (Å²) in [5.41, 5.74) is 2.82. The molecular formula is C17H17N3O2. The van der Waals surface area contributed by atoms with Gasteiger partial charge in [0.15, 0.2) is 12.5 Å². The average Bonchev–Trinajstić information content (AvgIpc) is 2.97. The summed E-state index contributed by atoms with van der Waals surface area (Å²) >= 11 is 0. The molecule has 22 heavy (non-hydrogen) atoms. The fourth-order valence-electron chi connectivity index (χ4n) is 2.20. The standard InChI is InChI=1S/C17H17N3O2/c1-21-13-22-17-16(15-10-6-3-7-11-15)18-19-20(17)12-14-8-4-2-5-9-14/h2-11H,12-13H2,1H3. The molecule has 0 aliphatic heterocycles. The smallest absolute Gasteiger partial charge is 0.243 e. The van der Waals surface area contributed by atoms with Crippen LogP contribution in [0.3, 0.4) is 0 Å². The van der Waals surface area contributed by atoms with Gasteiger partial charge in [0.1, 0.15) is 0 Å². The number of hydrogen-bond acceptors (Lipinski definition) is 4. The van der Waals surface area contributed by atoms with Crippen LogP contribution in [0.15, 0.2) is 60.7 Å². The third-order valence-corrected chi connectivity index (χ3v) is 3.23. The summed E-state index contributed by atoms with van der Waals surface area (Å²) in [5, 5.41) is 8.49. The third kappa shape index (κ3) is 3.15. The highest BCUT2D eigenvalue weighted by molar-refractivity contribution is 5.63. The highest BCUT2D eigenvalue weighted by atomic mass is 16.7. The topological polar surface area (TPSA) is 49.2 Å². The Morgan fingerprint density at radius 3 is 2.32 bits per heavy atom. The molecule has 0 amide bonds. The van der Waals surface area contributed by atoms with Crippen molar-refractivity contribution >= 4 is 0 Å². The molecule has 0 bridgehead atoms. The number of aromatic nitrogens is 3. The van der Waals surface area contributed by atoms with E-state index in [0.29, 0.717) is 18.1 Å². The Morgan fingerprint density at radius 2 is 1.64 bits per heavy atom. The molecule has 112 valence electrons. The molecular weight excluding hydrogens is 278 g/mol. The Kier molecular flexibility index (Phi) is 4.46. The van der Waals surface area contributed by atoms with E-state index in [1.807, 2.05) is 60.7 Å². The van der Waals surface area contributed by atoms with Crippen LogP contribution in [0.2, 0.25) is 0 Å². The molecule has 1 aromatic heterocycles. The van der Waals surface area contributed by atoms with E-state index in [2.05, 4.69) is 10.3 Å². The van der Waals surface area contributed by atoms with Gasteiger partial charge in [0.2, 0.25) is 5.88 Å². The molecule has 5 nitrogen and oxygen atoms in total. The van der Waals surface area contributed by atoms with Crippen LogP contribution in [0.5, 0.6) is 5.88 Å². The van der Waals surface area contributed by atoms with Gasteiger partial charge in [-0.3, -0.25) is 0 Å². The predicted octanol–water partition coefficient (Wildman–Crippen LogP) is 2.98. The quantitative estimate of drug-likeness (QED) is 0.656. The average molecular weight is 295 g/mol. The second kappa shape index (κ2) is 6.87.